The number of rotatable bonds is 2. The van der Waals surface area contributed by atoms with Crippen molar-refractivity contribution in [3.63, 3.8) is 0 Å². The lowest BCUT2D eigenvalue weighted by Gasteiger charge is -1.99. The number of hydrogen-bond donors (Lipinski definition) is 1. The molecule has 0 unspecified atom stereocenters. The van der Waals surface area contributed by atoms with E-state index in [4.69, 9.17) is 0 Å². The van der Waals surface area contributed by atoms with E-state index in [0.717, 1.165) is 11.9 Å². The van der Waals surface area contributed by atoms with E-state index in [2.05, 4.69) is 15.1 Å². The zero-order valence-corrected chi connectivity index (χ0v) is 10.1. The Morgan fingerprint density at radius 2 is 1.85 bits per heavy atom. The molecule has 1 N–H and O–H groups in total. The van der Waals surface area contributed by atoms with Crippen molar-refractivity contribution in [1.29, 1.82) is 0 Å². The monoisotopic (exact) mass is 278 g/mol. The maximum atomic E-state index is 12.5. The van der Waals surface area contributed by atoms with E-state index in [1.54, 1.807) is 10.9 Å². The first-order chi connectivity index (χ1) is 9.54. The molecule has 102 valence electrons. The van der Waals surface area contributed by atoms with Crippen LogP contribution < -0.4 is 0 Å². The van der Waals surface area contributed by atoms with Crippen molar-refractivity contribution in [2.75, 3.05) is 0 Å². The molecule has 20 heavy (non-hydrogen) atoms. The van der Waals surface area contributed by atoms with Gasteiger partial charge in [-0.25, -0.2) is 9.67 Å². The summed E-state index contributed by atoms with van der Waals surface area (Å²) in [5, 5.41) is 4.11. The number of alkyl halides is 3. The minimum absolute atomic E-state index is 0.138. The molecule has 2 aromatic heterocycles. The van der Waals surface area contributed by atoms with Gasteiger partial charge in [-0.2, -0.15) is 18.3 Å². The number of aromatic amines is 1. The zero-order chi connectivity index (χ0) is 14.2. The molecule has 0 aliphatic carbocycles. The van der Waals surface area contributed by atoms with Crippen molar-refractivity contribution in [2.45, 2.75) is 6.18 Å². The molecular weight excluding hydrogens is 269 g/mol. The highest BCUT2D eigenvalue weighted by atomic mass is 19.4. The maximum absolute atomic E-state index is 12.5. The Hall–Kier alpha value is -2.57. The maximum Gasteiger partial charge on any atom is 0.434 e. The number of imidazole rings is 1. The Morgan fingerprint density at radius 3 is 2.50 bits per heavy atom. The number of nitrogens with zero attached hydrogens (tertiary/aromatic N) is 3. The summed E-state index contributed by atoms with van der Waals surface area (Å²) in [6, 6.07) is 9.27. The first-order valence-electron chi connectivity index (χ1n) is 5.77. The normalized spacial score (nSPS) is 11.8. The molecule has 2 heterocycles. The van der Waals surface area contributed by atoms with Crippen molar-refractivity contribution in [1.82, 2.24) is 19.7 Å². The van der Waals surface area contributed by atoms with E-state index >= 15 is 0 Å². The van der Waals surface area contributed by atoms with E-state index in [-0.39, 0.29) is 5.82 Å². The quantitative estimate of drug-likeness (QED) is 0.782. The van der Waals surface area contributed by atoms with E-state index < -0.39 is 11.9 Å². The fourth-order valence-electron chi connectivity index (χ4n) is 1.78. The third-order valence-corrected chi connectivity index (χ3v) is 2.75. The molecule has 3 aromatic rings. The third kappa shape index (κ3) is 2.29. The van der Waals surface area contributed by atoms with Crippen LogP contribution >= 0.6 is 0 Å². The minimum atomic E-state index is -4.45. The van der Waals surface area contributed by atoms with Gasteiger partial charge in [-0.1, -0.05) is 18.2 Å². The van der Waals surface area contributed by atoms with E-state index in [0.29, 0.717) is 5.56 Å². The van der Waals surface area contributed by atoms with Crippen LogP contribution in [0.4, 0.5) is 13.2 Å². The van der Waals surface area contributed by atoms with Gasteiger partial charge in [0.1, 0.15) is 5.82 Å². The fourth-order valence-corrected chi connectivity index (χ4v) is 1.78. The number of hydrogen-bond acceptors (Lipinski definition) is 2. The summed E-state index contributed by atoms with van der Waals surface area (Å²) in [5.74, 6) is 0.138. The molecule has 0 atom stereocenters. The van der Waals surface area contributed by atoms with Crippen LogP contribution in [0.1, 0.15) is 5.69 Å². The van der Waals surface area contributed by atoms with E-state index in [1.807, 2.05) is 30.3 Å². The second kappa shape index (κ2) is 4.52. The Labute approximate surface area is 111 Å². The summed E-state index contributed by atoms with van der Waals surface area (Å²) >= 11 is 0. The Bertz CT molecular complexity index is 713. The summed E-state index contributed by atoms with van der Waals surface area (Å²) in [6.45, 7) is 0. The van der Waals surface area contributed by atoms with Crippen LogP contribution in [0.3, 0.4) is 0 Å². The molecule has 0 bridgehead atoms. The molecule has 0 saturated heterocycles. The summed E-state index contributed by atoms with van der Waals surface area (Å²) in [4.78, 5) is 6.03. The Morgan fingerprint density at radius 1 is 1.10 bits per heavy atom. The standard InChI is InChI=1S/C13H9F3N4/c14-13(15,16)11-7-17-12(19-11)9-6-18-20(8-9)10-4-2-1-3-5-10/h1-8H,(H,17,19). The number of nitrogens with one attached hydrogen (secondary N) is 1. The number of H-pyrrole nitrogens is 1. The molecule has 0 amide bonds. The van der Waals surface area contributed by atoms with Crippen LogP contribution in [-0.4, -0.2) is 19.7 Å². The van der Waals surface area contributed by atoms with Crippen LogP contribution in [-0.2, 0) is 6.18 Å². The zero-order valence-electron chi connectivity index (χ0n) is 10.1. The average Bonchev–Trinajstić information content (AvgIpc) is 3.08. The van der Waals surface area contributed by atoms with Gasteiger partial charge in [-0.05, 0) is 12.1 Å². The highest BCUT2D eigenvalue weighted by Crippen LogP contribution is 2.29. The van der Waals surface area contributed by atoms with Crippen LogP contribution in [0.15, 0.2) is 48.9 Å². The first kappa shape index (κ1) is 12.5. The predicted molar refractivity (Wildman–Crippen MR) is 66.1 cm³/mol. The van der Waals surface area contributed by atoms with Crippen molar-refractivity contribution in [3.8, 4) is 17.1 Å². The smallest absolute Gasteiger partial charge is 0.344 e. The van der Waals surface area contributed by atoms with Crippen molar-refractivity contribution >= 4 is 0 Å². The van der Waals surface area contributed by atoms with Crippen LogP contribution in [0, 0.1) is 0 Å². The lowest BCUT2D eigenvalue weighted by molar-refractivity contribution is -0.140. The molecule has 0 aliphatic heterocycles. The second-order valence-corrected chi connectivity index (χ2v) is 4.14. The van der Waals surface area contributed by atoms with Gasteiger partial charge < -0.3 is 4.98 Å². The highest BCUT2D eigenvalue weighted by molar-refractivity contribution is 5.53. The predicted octanol–water partition coefficient (Wildman–Crippen LogP) is 3.28. The topological polar surface area (TPSA) is 46.5 Å². The SMILES string of the molecule is FC(F)(F)c1c[nH]c(-c2cnn(-c3ccccc3)c2)n1. The molecule has 7 heteroatoms. The molecule has 0 radical (unpaired) electrons. The van der Waals surface area contributed by atoms with Gasteiger partial charge in [0, 0.05) is 12.4 Å². The largest absolute Gasteiger partial charge is 0.434 e. The summed E-state index contributed by atoms with van der Waals surface area (Å²) < 4.78 is 39.0. The van der Waals surface area contributed by atoms with Gasteiger partial charge in [0.15, 0.2) is 5.69 Å². The lowest BCUT2D eigenvalue weighted by atomic mass is 10.3. The average molecular weight is 278 g/mol. The third-order valence-electron chi connectivity index (χ3n) is 2.75. The number of benzene rings is 1. The lowest BCUT2D eigenvalue weighted by Crippen LogP contribution is -2.04. The van der Waals surface area contributed by atoms with Crippen LogP contribution in [0.5, 0.6) is 0 Å². The number of halogens is 3. The van der Waals surface area contributed by atoms with Crippen molar-refractivity contribution in [3.05, 3.63) is 54.6 Å². The van der Waals surface area contributed by atoms with Crippen LogP contribution in [0.2, 0.25) is 0 Å². The number of aromatic nitrogens is 4. The van der Waals surface area contributed by atoms with Gasteiger partial charge in [0.25, 0.3) is 0 Å². The molecule has 0 fully saturated rings. The molecule has 4 nitrogen and oxygen atoms in total. The molecular formula is C13H9F3N4. The molecule has 1 aromatic carbocycles. The summed E-state index contributed by atoms with van der Waals surface area (Å²) in [5.41, 5.74) is 0.366. The van der Waals surface area contributed by atoms with Gasteiger partial charge in [0.2, 0.25) is 0 Å². The van der Waals surface area contributed by atoms with Crippen LogP contribution in [0.25, 0.3) is 17.1 Å². The summed E-state index contributed by atoms with van der Waals surface area (Å²) in [6.07, 6.45) is -0.528. The van der Waals surface area contributed by atoms with Gasteiger partial charge in [-0.15, -0.1) is 0 Å². The van der Waals surface area contributed by atoms with Gasteiger partial charge >= 0.3 is 6.18 Å². The Kier molecular flexibility index (Phi) is 2.81. The molecule has 0 saturated carbocycles. The first-order valence-corrected chi connectivity index (χ1v) is 5.77. The summed E-state index contributed by atoms with van der Waals surface area (Å²) in [7, 11) is 0. The van der Waals surface area contributed by atoms with Crippen molar-refractivity contribution < 1.29 is 13.2 Å². The van der Waals surface area contributed by atoms with Gasteiger partial charge in [-0.3, -0.25) is 0 Å². The van der Waals surface area contributed by atoms with Gasteiger partial charge in [0.05, 0.1) is 17.4 Å². The fraction of sp³-hybridized carbons (Fsp3) is 0.0769. The van der Waals surface area contributed by atoms with E-state index in [1.165, 1.54) is 6.20 Å². The molecule has 0 spiro atoms. The Balaban J connectivity index is 1.93. The minimum Gasteiger partial charge on any atom is -0.344 e. The second-order valence-electron chi connectivity index (χ2n) is 4.14. The molecule has 3 rings (SSSR count). The molecule has 0 aliphatic rings. The number of para-hydroxylation sites is 1. The van der Waals surface area contributed by atoms with Crippen molar-refractivity contribution in [2.24, 2.45) is 0 Å². The van der Waals surface area contributed by atoms with E-state index in [9.17, 15) is 13.2 Å². The highest BCUT2D eigenvalue weighted by Gasteiger charge is 2.33.